The molecule has 0 atom stereocenters. The maximum Gasteiger partial charge on any atom is 0.257 e. The van der Waals surface area contributed by atoms with Crippen molar-refractivity contribution in [2.45, 2.75) is 0 Å². The van der Waals surface area contributed by atoms with Crippen molar-refractivity contribution in [3.63, 3.8) is 0 Å². The molecule has 0 spiro atoms. The van der Waals surface area contributed by atoms with E-state index in [0.29, 0.717) is 46.9 Å². The fourth-order valence-corrected chi connectivity index (χ4v) is 3.76. The molecular formula is C21H20N2O6S. The quantitative estimate of drug-likeness (QED) is 0.638. The maximum atomic E-state index is 12.8. The molecular weight excluding hydrogens is 408 g/mol. The highest BCUT2D eigenvalue weighted by atomic mass is 32.1. The fraction of sp³-hybridized carbons (Fsp3) is 0.238. The Balaban J connectivity index is 1.55. The zero-order valence-electron chi connectivity index (χ0n) is 16.7. The minimum Gasteiger partial charge on any atom is -0.493 e. The molecule has 1 aromatic heterocycles. The average molecular weight is 428 g/mol. The van der Waals surface area contributed by atoms with Crippen LogP contribution in [-0.2, 0) is 0 Å². The van der Waals surface area contributed by atoms with Crippen molar-refractivity contribution in [3.8, 4) is 40.0 Å². The van der Waals surface area contributed by atoms with E-state index >= 15 is 0 Å². The third-order valence-electron chi connectivity index (χ3n) is 4.49. The number of rotatable bonds is 6. The molecule has 8 nitrogen and oxygen atoms in total. The number of nitrogens with one attached hydrogen (secondary N) is 1. The number of carbonyl (C=O) groups excluding carboxylic acids is 1. The number of anilines is 1. The summed E-state index contributed by atoms with van der Waals surface area (Å²) >= 11 is 1.33. The Labute approximate surface area is 177 Å². The molecule has 3 aromatic rings. The van der Waals surface area contributed by atoms with Crippen LogP contribution in [0.2, 0.25) is 0 Å². The summed E-state index contributed by atoms with van der Waals surface area (Å²) in [5, 5.41) is 5.15. The Morgan fingerprint density at radius 2 is 1.70 bits per heavy atom. The lowest BCUT2D eigenvalue weighted by molar-refractivity contribution is 0.102. The van der Waals surface area contributed by atoms with Gasteiger partial charge in [0, 0.05) is 16.5 Å². The van der Waals surface area contributed by atoms with E-state index in [9.17, 15) is 4.79 Å². The van der Waals surface area contributed by atoms with Gasteiger partial charge < -0.3 is 23.7 Å². The van der Waals surface area contributed by atoms with E-state index in [4.69, 9.17) is 23.7 Å². The molecule has 2 aromatic carbocycles. The molecule has 0 fully saturated rings. The minimum atomic E-state index is -0.336. The van der Waals surface area contributed by atoms with E-state index in [2.05, 4.69) is 10.3 Å². The number of nitrogens with zero attached hydrogens (tertiary/aromatic N) is 1. The molecule has 0 saturated heterocycles. The predicted octanol–water partition coefficient (Wildman–Crippen LogP) is 3.86. The molecule has 0 radical (unpaired) electrons. The van der Waals surface area contributed by atoms with Gasteiger partial charge >= 0.3 is 0 Å². The second kappa shape index (κ2) is 8.50. The van der Waals surface area contributed by atoms with Gasteiger partial charge in [-0.1, -0.05) is 0 Å². The van der Waals surface area contributed by atoms with Crippen molar-refractivity contribution in [1.29, 1.82) is 0 Å². The number of aromatic nitrogens is 1. The topological polar surface area (TPSA) is 88.1 Å². The summed E-state index contributed by atoms with van der Waals surface area (Å²) in [6.07, 6.45) is 0. The molecule has 2 heterocycles. The Morgan fingerprint density at radius 1 is 1.00 bits per heavy atom. The van der Waals surface area contributed by atoms with Crippen LogP contribution in [0.1, 0.15) is 10.4 Å². The molecule has 156 valence electrons. The molecule has 4 rings (SSSR count). The zero-order valence-corrected chi connectivity index (χ0v) is 17.5. The molecule has 9 heteroatoms. The summed E-state index contributed by atoms with van der Waals surface area (Å²) in [6.45, 7) is 1.06. The number of amides is 1. The molecule has 0 aliphatic carbocycles. The number of hydrogen-bond acceptors (Lipinski definition) is 8. The standard InChI is InChI=1S/C21H20N2O6S/c1-25-17-9-13(10-18(26-2)19(17)27-3)20(24)23-21-22-14(11-30-21)12-4-5-15-16(8-12)29-7-6-28-15/h4-5,8-11H,6-7H2,1-3H3,(H,22,23,24). The first kappa shape index (κ1) is 19.8. The molecule has 1 amide bonds. The summed E-state index contributed by atoms with van der Waals surface area (Å²) < 4.78 is 27.1. The lowest BCUT2D eigenvalue weighted by atomic mass is 10.1. The smallest absolute Gasteiger partial charge is 0.257 e. The number of carbonyl (C=O) groups is 1. The summed E-state index contributed by atoms with van der Waals surface area (Å²) in [5.41, 5.74) is 1.97. The van der Waals surface area contributed by atoms with Gasteiger partial charge in [-0.25, -0.2) is 4.98 Å². The SMILES string of the molecule is COc1cc(C(=O)Nc2nc(-c3ccc4c(c3)OCCO4)cs2)cc(OC)c1OC. The first-order chi connectivity index (χ1) is 14.6. The highest BCUT2D eigenvalue weighted by Crippen LogP contribution is 2.39. The number of fused-ring (bicyclic) bond motifs is 1. The van der Waals surface area contributed by atoms with E-state index in [0.717, 1.165) is 17.0 Å². The van der Waals surface area contributed by atoms with Gasteiger partial charge in [-0.2, -0.15) is 0 Å². The van der Waals surface area contributed by atoms with E-state index in [-0.39, 0.29) is 5.91 Å². The van der Waals surface area contributed by atoms with Crippen LogP contribution in [-0.4, -0.2) is 45.4 Å². The predicted molar refractivity (Wildman–Crippen MR) is 113 cm³/mol. The van der Waals surface area contributed by atoms with Gasteiger partial charge in [-0.15, -0.1) is 11.3 Å². The number of methoxy groups -OCH3 is 3. The molecule has 1 N–H and O–H groups in total. The number of ether oxygens (including phenoxy) is 5. The van der Waals surface area contributed by atoms with Crippen molar-refractivity contribution in [3.05, 3.63) is 41.3 Å². The van der Waals surface area contributed by atoms with Crippen LogP contribution in [0, 0.1) is 0 Å². The fourth-order valence-electron chi connectivity index (χ4n) is 3.05. The number of thiazole rings is 1. The number of benzene rings is 2. The molecule has 0 saturated carbocycles. The van der Waals surface area contributed by atoms with Gasteiger partial charge in [0.2, 0.25) is 5.75 Å². The van der Waals surface area contributed by atoms with Crippen LogP contribution in [0.3, 0.4) is 0 Å². The van der Waals surface area contributed by atoms with Crippen LogP contribution >= 0.6 is 11.3 Å². The minimum absolute atomic E-state index is 0.336. The van der Waals surface area contributed by atoms with Crippen molar-refractivity contribution >= 4 is 22.4 Å². The second-order valence-electron chi connectivity index (χ2n) is 6.26. The van der Waals surface area contributed by atoms with Crippen LogP contribution < -0.4 is 29.0 Å². The van der Waals surface area contributed by atoms with Gasteiger partial charge in [0.1, 0.15) is 13.2 Å². The van der Waals surface area contributed by atoms with E-state index in [1.165, 1.54) is 32.7 Å². The lowest BCUT2D eigenvalue weighted by Gasteiger charge is -2.18. The lowest BCUT2D eigenvalue weighted by Crippen LogP contribution is -2.15. The van der Waals surface area contributed by atoms with E-state index in [1.54, 1.807) is 12.1 Å². The molecule has 30 heavy (non-hydrogen) atoms. The normalized spacial score (nSPS) is 12.2. The van der Waals surface area contributed by atoms with Crippen LogP contribution in [0.25, 0.3) is 11.3 Å². The first-order valence-corrected chi connectivity index (χ1v) is 9.97. The van der Waals surface area contributed by atoms with Crippen LogP contribution in [0.15, 0.2) is 35.7 Å². The zero-order chi connectivity index (χ0) is 21.1. The van der Waals surface area contributed by atoms with Gasteiger partial charge in [0.05, 0.1) is 27.0 Å². The third-order valence-corrected chi connectivity index (χ3v) is 5.25. The van der Waals surface area contributed by atoms with Gasteiger partial charge in [0.25, 0.3) is 5.91 Å². The molecule has 0 bridgehead atoms. The van der Waals surface area contributed by atoms with Crippen LogP contribution in [0.5, 0.6) is 28.7 Å². The second-order valence-corrected chi connectivity index (χ2v) is 7.12. The Morgan fingerprint density at radius 3 is 2.37 bits per heavy atom. The average Bonchev–Trinajstić information content (AvgIpc) is 3.26. The highest BCUT2D eigenvalue weighted by molar-refractivity contribution is 7.14. The summed E-state index contributed by atoms with van der Waals surface area (Å²) in [7, 11) is 4.51. The molecule has 0 unspecified atom stereocenters. The van der Waals surface area contributed by atoms with Crippen molar-refractivity contribution in [2.75, 3.05) is 39.9 Å². The summed E-state index contributed by atoms with van der Waals surface area (Å²) in [6, 6.07) is 8.83. The molecule has 1 aliphatic heterocycles. The maximum absolute atomic E-state index is 12.8. The highest BCUT2D eigenvalue weighted by Gasteiger charge is 2.19. The Bertz CT molecular complexity index is 1060. The van der Waals surface area contributed by atoms with Crippen molar-refractivity contribution in [2.24, 2.45) is 0 Å². The Hall–Kier alpha value is -3.46. The summed E-state index contributed by atoms with van der Waals surface area (Å²) in [5.74, 6) is 2.30. The first-order valence-electron chi connectivity index (χ1n) is 9.10. The third kappa shape index (κ3) is 3.84. The van der Waals surface area contributed by atoms with Gasteiger partial charge in [-0.05, 0) is 30.3 Å². The van der Waals surface area contributed by atoms with Crippen molar-refractivity contribution < 1.29 is 28.5 Å². The van der Waals surface area contributed by atoms with Crippen molar-refractivity contribution in [1.82, 2.24) is 4.98 Å². The molecule has 1 aliphatic rings. The summed E-state index contributed by atoms with van der Waals surface area (Å²) in [4.78, 5) is 17.3. The van der Waals surface area contributed by atoms with Gasteiger partial charge in [0.15, 0.2) is 28.1 Å². The van der Waals surface area contributed by atoms with E-state index in [1.807, 2.05) is 23.6 Å². The van der Waals surface area contributed by atoms with Gasteiger partial charge in [-0.3, -0.25) is 10.1 Å². The van der Waals surface area contributed by atoms with Crippen LogP contribution in [0.4, 0.5) is 5.13 Å². The van der Waals surface area contributed by atoms with E-state index < -0.39 is 0 Å². The largest absolute Gasteiger partial charge is 0.493 e. The number of hydrogen-bond donors (Lipinski definition) is 1. The monoisotopic (exact) mass is 428 g/mol. The Kier molecular flexibility index (Phi) is 5.62.